The zero-order valence-corrected chi connectivity index (χ0v) is 16.8. The molecular formula is C21H22N2O2S2. The smallest absolute Gasteiger partial charge is 0.267 e. The van der Waals surface area contributed by atoms with E-state index in [-0.39, 0.29) is 11.7 Å². The van der Waals surface area contributed by atoms with E-state index in [9.17, 15) is 4.79 Å². The van der Waals surface area contributed by atoms with E-state index in [0.717, 1.165) is 65.5 Å². The van der Waals surface area contributed by atoms with Gasteiger partial charge in [0.25, 0.3) is 5.56 Å². The van der Waals surface area contributed by atoms with Crippen LogP contribution in [0.25, 0.3) is 15.9 Å². The lowest BCUT2D eigenvalue weighted by molar-refractivity contribution is 0.0315. The summed E-state index contributed by atoms with van der Waals surface area (Å²) in [5.41, 5.74) is 2.21. The Labute approximate surface area is 166 Å². The van der Waals surface area contributed by atoms with Gasteiger partial charge in [0.2, 0.25) is 0 Å². The minimum absolute atomic E-state index is 0.0812. The molecule has 140 valence electrons. The van der Waals surface area contributed by atoms with Crippen molar-refractivity contribution in [2.75, 3.05) is 12.4 Å². The summed E-state index contributed by atoms with van der Waals surface area (Å²) in [5.74, 6) is 0.843. The van der Waals surface area contributed by atoms with Gasteiger partial charge in [0, 0.05) is 17.2 Å². The quantitative estimate of drug-likeness (QED) is 0.476. The number of fused-ring (bicyclic) bond motifs is 3. The number of para-hydroxylation sites is 1. The average molecular weight is 399 g/mol. The van der Waals surface area contributed by atoms with E-state index in [0.29, 0.717) is 0 Å². The van der Waals surface area contributed by atoms with Crippen molar-refractivity contribution in [3.05, 3.63) is 51.1 Å². The van der Waals surface area contributed by atoms with Crippen molar-refractivity contribution in [2.24, 2.45) is 0 Å². The van der Waals surface area contributed by atoms with Gasteiger partial charge >= 0.3 is 0 Å². The molecule has 1 aliphatic heterocycles. The number of benzene rings is 1. The number of hydrogen-bond acceptors (Lipinski definition) is 5. The summed E-state index contributed by atoms with van der Waals surface area (Å²) >= 11 is 3.36. The molecule has 2 aliphatic rings. The van der Waals surface area contributed by atoms with Crippen LogP contribution in [-0.2, 0) is 17.6 Å². The van der Waals surface area contributed by atoms with Gasteiger partial charge < -0.3 is 4.74 Å². The van der Waals surface area contributed by atoms with Gasteiger partial charge in [-0.05, 0) is 56.2 Å². The summed E-state index contributed by atoms with van der Waals surface area (Å²) in [4.78, 5) is 20.7. The van der Waals surface area contributed by atoms with E-state index >= 15 is 0 Å². The molecule has 0 amide bonds. The molecule has 1 aromatic carbocycles. The lowest BCUT2D eigenvalue weighted by Crippen LogP contribution is -2.24. The number of hydrogen-bond donors (Lipinski definition) is 0. The van der Waals surface area contributed by atoms with Crippen LogP contribution in [0.1, 0.15) is 36.1 Å². The number of thioether (sulfide) groups is 1. The van der Waals surface area contributed by atoms with Crippen LogP contribution >= 0.6 is 23.1 Å². The second-order valence-corrected chi connectivity index (χ2v) is 9.28. The third-order valence-electron chi connectivity index (χ3n) is 5.39. The number of ether oxygens (including phenoxy) is 1. The molecule has 1 fully saturated rings. The standard InChI is InChI=1S/C21H22N2O2S2/c24-20-18-16-10-6-11-17(16)27-19(18)22-21(23(20)14-7-2-1-3-8-14)26-13-15-9-4-5-12-25-15/h1-3,7-8,15H,4-6,9-13H2/t15-/m1/s1. The zero-order valence-electron chi connectivity index (χ0n) is 15.1. The van der Waals surface area contributed by atoms with Crippen molar-refractivity contribution >= 4 is 33.3 Å². The van der Waals surface area contributed by atoms with E-state index in [1.165, 1.54) is 16.9 Å². The minimum atomic E-state index is 0.0812. The fourth-order valence-electron chi connectivity index (χ4n) is 4.03. The molecule has 3 aromatic rings. The maximum Gasteiger partial charge on any atom is 0.267 e. The Morgan fingerprint density at radius 2 is 2.07 bits per heavy atom. The van der Waals surface area contributed by atoms with Crippen molar-refractivity contribution in [1.82, 2.24) is 9.55 Å². The topological polar surface area (TPSA) is 44.1 Å². The van der Waals surface area contributed by atoms with Crippen LogP contribution in [-0.4, -0.2) is 28.0 Å². The Kier molecular flexibility index (Phi) is 4.80. The fourth-order valence-corrected chi connectivity index (χ4v) is 6.41. The van der Waals surface area contributed by atoms with Crippen LogP contribution < -0.4 is 5.56 Å². The summed E-state index contributed by atoms with van der Waals surface area (Å²) in [5, 5.41) is 1.63. The Bertz CT molecular complexity index is 1020. The summed E-state index contributed by atoms with van der Waals surface area (Å²) in [6, 6.07) is 9.91. The van der Waals surface area contributed by atoms with Gasteiger partial charge in [-0.2, -0.15) is 0 Å². The molecule has 27 heavy (non-hydrogen) atoms. The lowest BCUT2D eigenvalue weighted by Gasteiger charge is -2.22. The Morgan fingerprint density at radius 3 is 2.89 bits per heavy atom. The van der Waals surface area contributed by atoms with Crippen LogP contribution in [0.3, 0.4) is 0 Å². The first kappa shape index (κ1) is 17.5. The van der Waals surface area contributed by atoms with Crippen LogP contribution in [0.15, 0.2) is 40.3 Å². The molecule has 4 nitrogen and oxygen atoms in total. The molecule has 1 saturated heterocycles. The van der Waals surface area contributed by atoms with Crippen LogP contribution in [0.5, 0.6) is 0 Å². The van der Waals surface area contributed by atoms with E-state index < -0.39 is 0 Å². The highest BCUT2D eigenvalue weighted by Crippen LogP contribution is 2.36. The van der Waals surface area contributed by atoms with Crippen LogP contribution in [0.4, 0.5) is 0 Å². The van der Waals surface area contributed by atoms with Crippen LogP contribution in [0, 0.1) is 0 Å². The molecule has 0 bridgehead atoms. The van der Waals surface area contributed by atoms with Crippen molar-refractivity contribution in [3.63, 3.8) is 0 Å². The largest absolute Gasteiger partial charge is 0.377 e. The number of thiophene rings is 1. The third kappa shape index (κ3) is 3.24. The van der Waals surface area contributed by atoms with Crippen molar-refractivity contribution in [1.29, 1.82) is 0 Å². The first-order chi connectivity index (χ1) is 13.3. The molecule has 5 rings (SSSR count). The summed E-state index contributed by atoms with van der Waals surface area (Å²) in [6.07, 6.45) is 6.97. The number of rotatable bonds is 4. The summed E-state index contributed by atoms with van der Waals surface area (Å²) < 4.78 is 7.69. The van der Waals surface area contributed by atoms with E-state index in [4.69, 9.17) is 9.72 Å². The molecule has 0 radical (unpaired) electrons. The van der Waals surface area contributed by atoms with Crippen molar-refractivity contribution in [3.8, 4) is 5.69 Å². The maximum atomic E-state index is 13.5. The van der Waals surface area contributed by atoms with Gasteiger partial charge in [-0.15, -0.1) is 11.3 Å². The molecule has 0 N–H and O–H groups in total. The van der Waals surface area contributed by atoms with Gasteiger partial charge in [-0.25, -0.2) is 4.98 Å². The first-order valence-corrected chi connectivity index (χ1v) is 11.5. The SMILES string of the molecule is O=c1c2c3c(sc2nc(SC[C@H]2CCCCO2)n1-c1ccccc1)CCC3. The molecule has 2 aromatic heterocycles. The van der Waals surface area contributed by atoms with E-state index in [1.54, 1.807) is 27.7 Å². The Hall–Kier alpha value is -1.63. The molecule has 0 unspecified atom stereocenters. The molecule has 1 aliphatic carbocycles. The molecule has 6 heteroatoms. The summed E-state index contributed by atoms with van der Waals surface area (Å²) in [6.45, 7) is 0.848. The molecule has 0 saturated carbocycles. The minimum Gasteiger partial charge on any atom is -0.377 e. The summed E-state index contributed by atoms with van der Waals surface area (Å²) in [7, 11) is 0. The zero-order chi connectivity index (χ0) is 18.2. The van der Waals surface area contributed by atoms with Crippen molar-refractivity contribution < 1.29 is 4.74 Å². The molecule has 0 spiro atoms. The molecular weight excluding hydrogens is 376 g/mol. The van der Waals surface area contributed by atoms with Gasteiger partial charge in [0.1, 0.15) is 4.83 Å². The molecule has 3 heterocycles. The highest BCUT2D eigenvalue weighted by Gasteiger charge is 2.24. The Morgan fingerprint density at radius 1 is 1.19 bits per heavy atom. The molecule has 1 atom stereocenters. The Balaban J connectivity index is 1.61. The van der Waals surface area contributed by atoms with Gasteiger partial charge in [-0.3, -0.25) is 9.36 Å². The second kappa shape index (κ2) is 7.41. The van der Waals surface area contributed by atoms with Crippen LogP contribution in [0.2, 0.25) is 0 Å². The predicted molar refractivity (Wildman–Crippen MR) is 112 cm³/mol. The highest BCUT2D eigenvalue weighted by molar-refractivity contribution is 7.99. The number of aryl methyl sites for hydroxylation is 2. The van der Waals surface area contributed by atoms with Gasteiger partial charge in [0.05, 0.1) is 17.2 Å². The monoisotopic (exact) mass is 398 g/mol. The average Bonchev–Trinajstić information content (AvgIpc) is 3.28. The van der Waals surface area contributed by atoms with Gasteiger partial charge in [0.15, 0.2) is 5.16 Å². The van der Waals surface area contributed by atoms with E-state index in [1.807, 2.05) is 30.3 Å². The number of aromatic nitrogens is 2. The van der Waals surface area contributed by atoms with E-state index in [2.05, 4.69) is 0 Å². The maximum absolute atomic E-state index is 13.5. The first-order valence-electron chi connectivity index (χ1n) is 9.68. The lowest BCUT2D eigenvalue weighted by atomic mass is 10.1. The van der Waals surface area contributed by atoms with Gasteiger partial charge in [-0.1, -0.05) is 30.0 Å². The third-order valence-corrected chi connectivity index (χ3v) is 7.65. The number of nitrogens with zero attached hydrogens (tertiary/aromatic N) is 2. The van der Waals surface area contributed by atoms with Crippen molar-refractivity contribution in [2.45, 2.75) is 49.8 Å². The fraction of sp³-hybridized carbons (Fsp3) is 0.429. The highest BCUT2D eigenvalue weighted by atomic mass is 32.2. The predicted octanol–water partition coefficient (Wildman–Crippen LogP) is 4.60. The second-order valence-electron chi connectivity index (χ2n) is 7.21. The normalized spacial score (nSPS) is 19.5.